The van der Waals surface area contributed by atoms with Crippen LogP contribution in [0.3, 0.4) is 0 Å². The fourth-order valence-electron chi connectivity index (χ4n) is 4.82. The molecule has 2 aliphatic heterocycles. The summed E-state index contributed by atoms with van der Waals surface area (Å²) in [5, 5.41) is 6.52. The predicted octanol–water partition coefficient (Wildman–Crippen LogP) is 3.72. The molecule has 2 aliphatic rings. The van der Waals surface area contributed by atoms with Gasteiger partial charge in [-0.2, -0.15) is 0 Å². The summed E-state index contributed by atoms with van der Waals surface area (Å²) in [7, 11) is 2.16. The number of hydrogen-bond donors (Lipinski definition) is 3. The van der Waals surface area contributed by atoms with Crippen LogP contribution in [0, 0.1) is 0 Å². The lowest BCUT2D eigenvalue weighted by Crippen LogP contribution is -2.26. The van der Waals surface area contributed by atoms with E-state index >= 15 is 0 Å². The molecule has 0 aliphatic carbocycles. The molecule has 0 saturated carbocycles. The Hall–Kier alpha value is -3.20. The Balaban J connectivity index is 1.18. The molecule has 3 aromatic carbocycles. The zero-order valence-electron chi connectivity index (χ0n) is 19.8. The number of amides is 1. The molecular weight excluding hydrogens is 460 g/mol. The highest BCUT2D eigenvalue weighted by Gasteiger charge is 2.24. The molecule has 0 radical (unpaired) electrons. The van der Waals surface area contributed by atoms with Gasteiger partial charge in [0, 0.05) is 44.0 Å². The highest BCUT2D eigenvalue weighted by molar-refractivity contribution is 7.80. The topological polar surface area (TPSA) is 84.9 Å². The number of hydrogen-bond acceptors (Lipinski definition) is 4. The molecule has 7 nitrogen and oxygen atoms in total. The second kappa shape index (κ2) is 10.2. The molecule has 182 valence electrons. The maximum absolute atomic E-state index is 12.7. The first kappa shape index (κ1) is 23.5. The average molecular weight is 491 g/mol. The van der Waals surface area contributed by atoms with E-state index in [1.165, 1.54) is 15.4 Å². The zero-order valence-corrected chi connectivity index (χ0v) is 20.6. The van der Waals surface area contributed by atoms with E-state index in [1.54, 1.807) is 12.1 Å². The van der Waals surface area contributed by atoms with Gasteiger partial charge in [0.1, 0.15) is 0 Å². The Morgan fingerprint density at radius 2 is 1.74 bits per heavy atom. The van der Waals surface area contributed by atoms with Crippen molar-refractivity contribution in [1.82, 2.24) is 10.2 Å². The number of benzene rings is 3. The standard InChI is InChI=1S/C27H30N4O3S/c1-30-11-9-21-5-7-25(15-24(21)18-30)28-16-19-3-2-4-20(13-19)17-29-27(32)23-6-8-26-22(14-23)10-12-31(26)35(33)34/h2-8,13-15,28H,9-12,16-18H2,1H3,(H,29,32)(H,33,34). The number of fused-ring (bicyclic) bond motifs is 2. The lowest BCUT2D eigenvalue weighted by atomic mass is 9.99. The van der Waals surface area contributed by atoms with E-state index in [4.69, 9.17) is 0 Å². The Morgan fingerprint density at radius 1 is 0.943 bits per heavy atom. The first-order chi connectivity index (χ1) is 17.0. The Labute approximate surface area is 208 Å². The van der Waals surface area contributed by atoms with Gasteiger partial charge in [-0.15, -0.1) is 0 Å². The van der Waals surface area contributed by atoms with E-state index in [9.17, 15) is 13.6 Å². The Kier molecular flexibility index (Phi) is 6.86. The van der Waals surface area contributed by atoms with Gasteiger partial charge >= 0.3 is 0 Å². The van der Waals surface area contributed by atoms with Crippen LogP contribution in [0.15, 0.2) is 60.7 Å². The summed E-state index contributed by atoms with van der Waals surface area (Å²) < 4.78 is 22.2. The van der Waals surface area contributed by atoms with Crippen molar-refractivity contribution < 1.29 is 13.6 Å². The van der Waals surface area contributed by atoms with Crippen LogP contribution in [0.1, 0.15) is 38.2 Å². The Bertz CT molecular complexity index is 1280. The van der Waals surface area contributed by atoms with E-state index in [-0.39, 0.29) is 5.91 Å². The molecule has 3 aromatic rings. The maximum Gasteiger partial charge on any atom is 0.261 e. The van der Waals surface area contributed by atoms with Gasteiger partial charge < -0.3 is 15.5 Å². The predicted molar refractivity (Wildman–Crippen MR) is 140 cm³/mol. The SMILES string of the molecule is CN1CCc2ccc(NCc3cccc(CNC(=O)c4ccc5c(c4)CCN5S(=O)O)c3)cc2C1. The highest BCUT2D eigenvalue weighted by Crippen LogP contribution is 2.29. The third-order valence-electron chi connectivity index (χ3n) is 6.73. The number of anilines is 2. The molecule has 8 heteroatoms. The van der Waals surface area contributed by atoms with Crippen molar-refractivity contribution in [1.29, 1.82) is 0 Å². The summed E-state index contributed by atoms with van der Waals surface area (Å²) in [6.07, 6.45) is 1.76. The minimum atomic E-state index is -2.04. The monoisotopic (exact) mass is 490 g/mol. The van der Waals surface area contributed by atoms with Crippen molar-refractivity contribution >= 4 is 28.5 Å². The molecular formula is C27H30N4O3S. The summed E-state index contributed by atoms with van der Waals surface area (Å²) in [4.78, 5) is 15.1. The van der Waals surface area contributed by atoms with Gasteiger partial charge in [-0.1, -0.05) is 30.3 Å². The first-order valence-electron chi connectivity index (χ1n) is 11.9. The Morgan fingerprint density at radius 3 is 2.57 bits per heavy atom. The lowest BCUT2D eigenvalue weighted by molar-refractivity contribution is 0.0951. The summed E-state index contributed by atoms with van der Waals surface area (Å²) >= 11 is -2.04. The van der Waals surface area contributed by atoms with Gasteiger partial charge in [0.05, 0.1) is 5.69 Å². The van der Waals surface area contributed by atoms with Crippen LogP contribution in [0.5, 0.6) is 0 Å². The number of carbonyl (C=O) groups is 1. The van der Waals surface area contributed by atoms with E-state index in [1.807, 2.05) is 18.2 Å². The van der Waals surface area contributed by atoms with Gasteiger partial charge in [0.15, 0.2) is 0 Å². The van der Waals surface area contributed by atoms with Gasteiger partial charge in [-0.05, 0) is 78.0 Å². The van der Waals surface area contributed by atoms with Gasteiger partial charge in [-0.3, -0.25) is 13.7 Å². The van der Waals surface area contributed by atoms with Gasteiger partial charge in [0.2, 0.25) is 0 Å². The highest BCUT2D eigenvalue weighted by atomic mass is 32.2. The molecule has 1 unspecified atom stereocenters. The van der Waals surface area contributed by atoms with Crippen LogP contribution >= 0.6 is 0 Å². The van der Waals surface area contributed by atoms with E-state index in [0.717, 1.165) is 41.9 Å². The largest absolute Gasteiger partial charge is 0.381 e. The maximum atomic E-state index is 12.7. The molecule has 0 spiro atoms. The van der Waals surface area contributed by atoms with Crippen LogP contribution in [0.2, 0.25) is 0 Å². The molecule has 1 amide bonds. The molecule has 0 bridgehead atoms. The van der Waals surface area contributed by atoms with Gasteiger partial charge in [0.25, 0.3) is 17.2 Å². The normalized spacial score (nSPS) is 15.9. The van der Waals surface area contributed by atoms with Crippen molar-refractivity contribution in [2.75, 3.05) is 29.8 Å². The molecule has 2 heterocycles. The van der Waals surface area contributed by atoms with Gasteiger partial charge in [-0.25, -0.2) is 4.21 Å². The number of rotatable bonds is 7. The van der Waals surface area contributed by atoms with E-state index in [2.05, 4.69) is 52.9 Å². The zero-order chi connectivity index (χ0) is 24.4. The van der Waals surface area contributed by atoms with Crippen LogP contribution in [0.25, 0.3) is 0 Å². The molecule has 0 fully saturated rings. The summed E-state index contributed by atoms with van der Waals surface area (Å²) in [5.74, 6) is -0.154. The van der Waals surface area contributed by atoms with Crippen molar-refractivity contribution in [2.45, 2.75) is 32.5 Å². The van der Waals surface area contributed by atoms with E-state index in [0.29, 0.717) is 37.3 Å². The molecule has 5 rings (SSSR count). The van der Waals surface area contributed by atoms with Crippen LogP contribution < -0.4 is 14.9 Å². The van der Waals surface area contributed by atoms with Crippen LogP contribution in [-0.4, -0.2) is 39.7 Å². The number of likely N-dealkylation sites (N-methyl/N-ethyl adjacent to an activating group) is 1. The lowest BCUT2D eigenvalue weighted by Gasteiger charge is -2.25. The number of carbonyl (C=O) groups excluding carboxylic acids is 1. The second-order valence-corrected chi connectivity index (χ2v) is 10.2. The third kappa shape index (κ3) is 5.40. The molecule has 3 N–H and O–H groups in total. The molecule has 0 aromatic heterocycles. The molecule has 35 heavy (non-hydrogen) atoms. The van der Waals surface area contributed by atoms with Crippen molar-refractivity contribution in [3.63, 3.8) is 0 Å². The molecule has 0 saturated heterocycles. The van der Waals surface area contributed by atoms with Crippen molar-refractivity contribution in [3.05, 3.63) is 94.0 Å². The fraction of sp³-hybridized carbons (Fsp3) is 0.296. The van der Waals surface area contributed by atoms with Crippen molar-refractivity contribution in [3.8, 4) is 0 Å². The summed E-state index contributed by atoms with van der Waals surface area (Å²) in [6, 6.07) is 20.1. The summed E-state index contributed by atoms with van der Waals surface area (Å²) in [6.45, 7) is 3.72. The summed E-state index contributed by atoms with van der Waals surface area (Å²) in [5.41, 5.74) is 8.34. The number of nitrogens with one attached hydrogen (secondary N) is 2. The van der Waals surface area contributed by atoms with E-state index < -0.39 is 11.3 Å². The quantitative estimate of drug-likeness (QED) is 0.440. The minimum absolute atomic E-state index is 0.154. The fourth-order valence-corrected chi connectivity index (χ4v) is 5.42. The average Bonchev–Trinajstić information content (AvgIpc) is 3.30. The third-order valence-corrected chi connectivity index (χ3v) is 7.49. The van der Waals surface area contributed by atoms with Crippen LogP contribution in [-0.2, 0) is 43.7 Å². The van der Waals surface area contributed by atoms with Crippen LogP contribution in [0.4, 0.5) is 11.4 Å². The second-order valence-electron chi connectivity index (χ2n) is 9.25. The first-order valence-corrected chi connectivity index (χ1v) is 12.9. The minimum Gasteiger partial charge on any atom is -0.381 e. The number of nitrogens with zero attached hydrogens (tertiary/aromatic N) is 2. The smallest absolute Gasteiger partial charge is 0.261 e. The molecule has 1 atom stereocenters. The van der Waals surface area contributed by atoms with Crippen molar-refractivity contribution in [2.24, 2.45) is 0 Å².